The molecular weight excluding hydrogens is 382 g/mol. The van der Waals surface area contributed by atoms with Crippen LogP contribution in [0.25, 0.3) is 10.2 Å². The number of pyridine rings is 1. The summed E-state index contributed by atoms with van der Waals surface area (Å²) in [6.45, 7) is 0. The zero-order valence-electron chi connectivity index (χ0n) is 14.0. The monoisotopic (exact) mass is 395 g/mol. The molecule has 9 heteroatoms. The zero-order chi connectivity index (χ0) is 18.1. The Morgan fingerprint density at radius 2 is 2.00 bits per heavy atom. The average molecular weight is 395 g/mol. The summed E-state index contributed by atoms with van der Waals surface area (Å²) >= 11 is 3.26. The molecule has 4 heterocycles. The minimum atomic E-state index is -0.345. The van der Waals surface area contributed by atoms with Gasteiger partial charge in [-0.15, -0.1) is 11.3 Å². The van der Waals surface area contributed by atoms with E-state index in [0.717, 1.165) is 21.1 Å². The molecule has 1 aliphatic heterocycles. The number of thiazole rings is 1. The maximum Gasteiger partial charge on any atom is 0.271 e. The average Bonchev–Trinajstić information content (AvgIpc) is 3.45. The maximum absolute atomic E-state index is 5.48. The quantitative estimate of drug-likeness (QED) is 0.467. The van der Waals surface area contributed by atoms with E-state index in [1.807, 2.05) is 30.3 Å². The van der Waals surface area contributed by atoms with E-state index in [-0.39, 0.29) is 6.10 Å². The second-order valence-electron chi connectivity index (χ2n) is 5.86. The summed E-state index contributed by atoms with van der Waals surface area (Å²) in [4.78, 5) is 18.5. The van der Waals surface area contributed by atoms with E-state index in [4.69, 9.17) is 9.36 Å². The summed E-state index contributed by atoms with van der Waals surface area (Å²) in [5.74, 6) is 1.66. The molecule has 0 saturated heterocycles. The maximum atomic E-state index is 5.48. The normalized spacial score (nSPS) is 16.4. The van der Waals surface area contributed by atoms with E-state index in [9.17, 15) is 0 Å². The van der Waals surface area contributed by atoms with E-state index in [1.165, 1.54) is 4.70 Å². The van der Waals surface area contributed by atoms with Gasteiger partial charge in [-0.05, 0) is 24.3 Å². The van der Waals surface area contributed by atoms with Crippen molar-refractivity contribution in [3.63, 3.8) is 0 Å². The lowest BCUT2D eigenvalue weighted by atomic mass is 10.1. The lowest BCUT2D eigenvalue weighted by Crippen LogP contribution is -2.02. The van der Waals surface area contributed by atoms with E-state index in [2.05, 4.69) is 31.3 Å². The Morgan fingerprint density at radius 1 is 1.11 bits per heavy atom. The fourth-order valence-corrected chi connectivity index (χ4v) is 4.63. The van der Waals surface area contributed by atoms with Crippen molar-refractivity contribution in [1.29, 1.82) is 0 Å². The van der Waals surface area contributed by atoms with Crippen LogP contribution < -0.4 is 0 Å². The van der Waals surface area contributed by atoms with Gasteiger partial charge < -0.3 is 9.36 Å². The van der Waals surface area contributed by atoms with Crippen LogP contribution in [0.5, 0.6) is 0 Å². The fraction of sp³-hybridized carbons (Fsp3) is 0.167. The molecule has 0 amide bonds. The Morgan fingerprint density at radius 3 is 2.89 bits per heavy atom. The summed E-state index contributed by atoms with van der Waals surface area (Å²) in [6.07, 6.45) is 3.71. The third-order valence-corrected chi connectivity index (χ3v) is 6.22. The summed E-state index contributed by atoms with van der Waals surface area (Å²) in [5, 5.41) is 8.19. The third kappa shape index (κ3) is 3.43. The van der Waals surface area contributed by atoms with Crippen molar-refractivity contribution >= 4 is 39.0 Å². The van der Waals surface area contributed by atoms with E-state index in [1.54, 1.807) is 35.5 Å². The molecule has 134 valence electrons. The van der Waals surface area contributed by atoms with Gasteiger partial charge in [0.1, 0.15) is 0 Å². The highest BCUT2D eigenvalue weighted by Gasteiger charge is 2.29. The predicted molar refractivity (Wildman–Crippen MR) is 103 cm³/mol. The number of benzene rings is 1. The van der Waals surface area contributed by atoms with Crippen LogP contribution in [0, 0.1) is 0 Å². The topological polar surface area (TPSA) is 86.3 Å². The first-order valence-electron chi connectivity index (χ1n) is 8.29. The van der Waals surface area contributed by atoms with Crippen LogP contribution in [0.1, 0.15) is 29.8 Å². The second-order valence-corrected chi connectivity index (χ2v) is 8.11. The van der Waals surface area contributed by atoms with Crippen LogP contribution in [0.4, 0.5) is 0 Å². The highest BCUT2D eigenvalue weighted by atomic mass is 32.2. The molecule has 7 nitrogen and oxygen atoms in total. The Hall–Kier alpha value is -2.78. The molecule has 4 aromatic rings. The molecule has 27 heavy (non-hydrogen) atoms. The smallest absolute Gasteiger partial charge is 0.271 e. The molecule has 0 aliphatic carbocycles. The van der Waals surface area contributed by atoms with E-state index >= 15 is 0 Å². The largest absolute Gasteiger partial charge is 0.382 e. The van der Waals surface area contributed by atoms with E-state index in [0.29, 0.717) is 23.9 Å². The van der Waals surface area contributed by atoms with Crippen LogP contribution in [-0.2, 0) is 10.6 Å². The highest BCUT2D eigenvalue weighted by molar-refractivity contribution is 8.00. The van der Waals surface area contributed by atoms with Gasteiger partial charge in [0.15, 0.2) is 10.2 Å². The summed E-state index contributed by atoms with van der Waals surface area (Å²) < 4.78 is 7.54. The Labute approximate surface area is 162 Å². The van der Waals surface area contributed by atoms with Gasteiger partial charge in [0.2, 0.25) is 6.10 Å². The van der Waals surface area contributed by atoms with Gasteiger partial charge in [-0.25, -0.2) is 4.98 Å². The van der Waals surface area contributed by atoms with Gasteiger partial charge in [0, 0.05) is 24.4 Å². The van der Waals surface area contributed by atoms with Gasteiger partial charge in [0.05, 0.1) is 21.7 Å². The van der Waals surface area contributed by atoms with Crippen molar-refractivity contribution in [2.75, 3.05) is 0 Å². The molecule has 0 N–H and O–H groups in total. The van der Waals surface area contributed by atoms with Crippen molar-refractivity contribution in [1.82, 2.24) is 20.1 Å². The molecule has 3 aromatic heterocycles. The number of fused-ring (bicyclic) bond motifs is 1. The molecule has 5 rings (SSSR count). The minimum absolute atomic E-state index is 0.345. The minimum Gasteiger partial charge on any atom is -0.382 e. The molecule has 0 fully saturated rings. The second kappa shape index (κ2) is 7.09. The Bertz CT molecular complexity index is 1080. The molecule has 1 aliphatic rings. The van der Waals surface area contributed by atoms with Crippen molar-refractivity contribution in [3.8, 4) is 0 Å². The number of hydrogen-bond acceptors (Lipinski definition) is 9. The zero-order valence-corrected chi connectivity index (χ0v) is 15.6. The first kappa shape index (κ1) is 16.4. The number of para-hydroxylation sites is 1. The van der Waals surface area contributed by atoms with Gasteiger partial charge in [0.25, 0.3) is 5.89 Å². The lowest BCUT2D eigenvalue weighted by Gasteiger charge is -2.00. The van der Waals surface area contributed by atoms with Crippen LogP contribution in [-0.4, -0.2) is 25.8 Å². The fourth-order valence-electron chi connectivity index (χ4n) is 2.72. The molecular formula is C18H13N5O2S2. The first-order valence-corrected chi connectivity index (χ1v) is 10.1. The third-order valence-electron chi connectivity index (χ3n) is 4.04. The molecule has 0 saturated carbocycles. The number of thioether (sulfide) groups is 1. The van der Waals surface area contributed by atoms with Crippen LogP contribution in [0.2, 0.25) is 0 Å². The predicted octanol–water partition coefficient (Wildman–Crippen LogP) is 4.23. The number of rotatable bonds is 5. The standard InChI is InChI=1S/C18H13N5O2S2/c1-2-4-15-12(3-1)20-18(27-15)26-10-16-21-17(25-23-16)14-9-13(22-24-14)11-5-7-19-8-6-11/h1-8,14H,9-10H2. The van der Waals surface area contributed by atoms with Crippen LogP contribution in [0.15, 0.2) is 62.8 Å². The number of aromatic nitrogens is 4. The van der Waals surface area contributed by atoms with Gasteiger partial charge in [-0.1, -0.05) is 34.2 Å². The molecule has 1 aromatic carbocycles. The molecule has 0 bridgehead atoms. The lowest BCUT2D eigenvalue weighted by molar-refractivity contribution is 0.0599. The molecule has 0 radical (unpaired) electrons. The Kier molecular flexibility index (Phi) is 4.30. The summed E-state index contributed by atoms with van der Waals surface area (Å²) in [6, 6.07) is 11.9. The van der Waals surface area contributed by atoms with Crippen molar-refractivity contribution < 1.29 is 9.36 Å². The first-order chi connectivity index (χ1) is 13.3. The van der Waals surface area contributed by atoms with Crippen molar-refractivity contribution in [3.05, 3.63) is 66.1 Å². The van der Waals surface area contributed by atoms with Crippen molar-refractivity contribution in [2.45, 2.75) is 22.6 Å². The van der Waals surface area contributed by atoms with E-state index < -0.39 is 0 Å². The summed E-state index contributed by atoms with van der Waals surface area (Å²) in [7, 11) is 0. The number of oxime groups is 1. The van der Waals surface area contributed by atoms with Gasteiger partial charge in [-0.3, -0.25) is 4.98 Å². The van der Waals surface area contributed by atoms with Crippen molar-refractivity contribution in [2.24, 2.45) is 5.16 Å². The van der Waals surface area contributed by atoms with Crippen LogP contribution in [0.3, 0.4) is 0 Å². The molecule has 0 spiro atoms. The Balaban J connectivity index is 1.23. The highest BCUT2D eigenvalue weighted by Crippen LogP contribution is 2.32. The van der Waals surface area contributed by atoms with Gasteiger partial charge >= 0.3 is 0 Å². The SMILES string of the molecule is c1ccc2sc(SCc3noc(C4CC(c5ccncc5)=NO4)n3)nc2c1. The number of nitrogens with zero attached hydrogens (tertiary/aromatic N) is 5. The van der Waals surface area contributed by atoms with Gasteiger partial charge in [-0.2, -0.15) is 4.98 Å². The molecule has 1 unspecified atom stereocenters. The summed E-state index contributed by atoms with van der Waals surface area (Å²) in [5.41, 5.74) is 2.85. The molecule has 1 atom stereocenters. The number of hydrogen-bond donors (Lipinski definition) is 0. The van der Waals surface area contributed by atoms with Crippen LogP contribution >= 0.6 is 23.1 Å².